The molecule has 1 aromatic carbocycles. The van der Waals surface area contributed by atoms with Gasteiger partial charge in [-0.15, -0.1) is 0 Å². The number of H-pyrrole nitrogens is 1. The summed E-state index contributed by atoms with van der Waals surface area (Å²) in [6, 6.07) is 12.1. The molecule has 10 heteroatoms. The molecule has 47 heavy (non-hydrogen) atoms. The van der Waals surface area contributed by atoms with E-state index in [1.807, 2.05) is 43.6 Å². The van der Waals surface area contributed by atoms with Gasteiger partial charge in [0, 0.05) is 104 Å². The predicted molar refractivity (Wildman–Crippen MR) is 184 cm³/mol. The van der Waals surface area contributed by atoms with Crippen molar-refractivity contribution in [1.29, 1.82) is 0 Å². The molecular formula is C37H42N6O4. The number of likely N-dealkylation sites (N-methyl/N-ethyl adjacent to an activating group) is 1. The van der Waals surface area contributed by atoms with Gasteiger partial charge in [0.15, 0.2) is 5.78 Å². The molecule has 2 aliphatic rings. The summed E-state index contributed by atoms with van der Waals surface area (Å²) >= 11 is 0. The minimum atomic E-state index is -0.287. The number of nitrogens with zero attached hydrogens (tertiary/aromatic N) is 5. The average molecular weight is 635 g/mol. The lowest BCUT2D eigenvalue weighted by Gasteiger charge is -2.33. The Morgan fingerprint density at radius 3 is 2.38 bits per heavy atom. The molecule has 3 aromatic heterocycles. The molecule has 0 spiro atoms. The summed E-state index contributed by atoms with van der Waals surface area (Å²) in [5.41, 5.74) is 5.68. The van der Waals surface area contributed by atoms with Crippen molar-refractivity contribution in [2.45, 2.75) is 52.5 Å². The van der Waals surface area contributed by atoms with Gasteiger partial charge in [-0.1, -0.05) is 13.3 Å². The number of aromatic nitrogens is 3. The van der Waals surface area contributed by atoms with Crippen LogP contribution < -0.4 is 10.5 Å². The van der Waals surface area contributed by atoms with E-state index in [1.54, 1.807) is 0 Å². The number of piperazine rings is 1. The molecule has 0 radical (unpaired) electrons. The van der Waals surface area contributed by atoms with E-state index in [0.29, 0.717) is 37.1 Å². The van der Waals surface area contributed by atoms with Crippen LogP contribution in [0.3, 0.4) is 0 Å². The third kappa shape index (κ3) is 6.97. The standard InChI is InChI=1S/C37H42N6O4/c1-4-6-26-21-25(2)39-37(47)29(26)8-9-33(44)31-22-28(27-7-10-34(38-24-27)42-19-17-40(3)18-20-42)23-32-30(31)13-16-41(32)14-5-15-43-35(45)11-12-36(43)46/h7,10-13,16,21-24H,4-6,8-9,14-15,17-20H2,1-3H3,(H,39,47). The number of pyridine rings is 2. The number of anilines is 1. The molecule has 10 nitrogen and oxygen atoms in total. The first-order chi connectivity index (χ1) is 22.7. The molecule has 0 atom stereocenters. The number of imide groups is 1. The average Bonchev–Trinajstić information content (AvgIpc) is 3.62. The highest BCUT2D eigenvalue weighted by Crippen LogP contribution is 2.31. The van der Waals surface area contributed by atoms with Crippen LogP contribution in [0.5, 0.6) is 0 Å². The molecule has 1 saturated heterocycles. The van der Waals surface area contributed by atoms with Gasteiger partial charge in [0.1, 0.15) is 5.82 Å². The zero-order valence-electron chi connectivity index (χ0n) is 27.4. The largest absolute Gasteiger partial charge is 0.354 e. The van der Waals surface area contributed by atoms with Gasteiger partial charge in [0.05, 0.1) is 0 Å². The minimum absolute atomic E-state index is 0.0293. The van der Waals surface area contributed by atoms with E-state index >= 15 is 0 Å². The number of ketones is 1. The number of carbonyl (C=O) groups excluding carboxylic acids is 3. The van der Waals surface area contributed by atoms with Crippen molar-refractivity contribution in [1.82, 2.24) is 24.3 Å². The van der Waals surface area contributed by atoms with Crippen molar-refractivity contribution in [3.8, 4) is 11.1 Å². The number of aryl methyl sites for hydroxylation is 3. The zero-order chi connectivity index (χ0) is 33.1. The van der Waals surface area contributed by atoms with Crippen LogP contribution in [0.4, 0.5) is 5.82 Å². The van der Waals surface area contributed by atoms with Gasteiger partial charge in [-0.3, -0.25) is 24.1 Å². The van der Waals surface area contributed by atoms with Crippen LogP contribution in [0.2, 0.25) is 0 Å². The molecule has 0 saturated carbocycles. The van der Waals surface area contributed by atoms with E-state index in [0.717, 1.165) is 78.1 Å². The van der Waals surface area contributed by atoms with Crippen LogP contribution in [0, 0.1) is 6.92 Å². The van der Waals surface area contributed by atoms with Gasteiger partial charge in [0.2, 0.25) is 0 Å². The first kappa shape index (κ1) is 32.1. The molecule has 2 amide bonds. The lowest BCUT2D eigenvalue weighted by atomic mass is 9.94. The molecule has 1 fully saturated rings. The molecular weight excluding hydrogens is 592 g/mol. The number of benzene rings is 1. The lowest BCUT2D eigenvalue weighted by Crippen LogP contribution is -2.44. The Morgan fingerprint density at radius 1 is 0.915 bits per heavy atom. The van der Waals surface area contributed by atoms with E-state index in [4.69, 9.17) is 4.98 Å². The number of carbonyl (C=O) groups is 3. The van der Waals surface area contributed by atoms with Crippen LogP contribution in [0.15, 0.2) is 65.7 Å². The topological polar surface area (TPSA) is 112 Å². The van der Waals surface area contributed by atoms with Gasteiger partial charge in [-0.2, -0.15) is 0 Å². The Kier molecular flexibility index (Phi) is 9.49. The summed E-state index contributed by atoms with van der Waals surface area (Å²) in [6.07, 6.45) is 9.28. The molecule has 244 valence electrons. The molecule has 0 bridgehead atoms. The van der Waals surface area contributed by atoms with E-state index in [9.17, 15) is 19.2 Å². The maximum Gasteiger partial charge on any atom is 0.253 e. The summed E-state index contributed by atoms with van der Waals surface area (Å²) in [7, 11) is 2.13. The molecule has 0 unspecified atom stereocenters. The number of amides is 2. The monoisotopic (exact) mass is 634 g/mol. The molecule has 4 aromatic rings. The molecule has 2 aliphatic heterocycles. The van der Waals surface area contributed by atoms with Crippen molar-refractivity contribution in [3.05, 3.63) is 93.7 Å². The first-order valence-corrected chi connectivity index (χ1v) is 16.5. The third-order valence-corrected chi connectivity index (χ3v) is 9.26. The van der Waals surface area contributed by atoms with Crippen molar-refractivity contribution in [2.24, 2.45) is 0 Å². The number of nitrogens with one attached hydrogen (secondary N) is 1. The maximum absolute atomic E-state index is 14.0. The van der Waals surface area contributed by atoms with Gasteiger partial charge < -0.3 is 19.4 Å². The summed E-state index contributed by atoms with van der Waals surface area (Å²) in [5.74, 6) is 0.335. The highest BCUT2D eigenvalue weighted by molar-refractivity contribution is 6.13. The minimum Gasteiger partial charge on any atom is -0.354 e. The number of aromatic amines is 1. The van der Waals surface area contributed by atoms with Crippen molar-refractivity contribution in [3.63, 3.8) is 0 Å². The van der Waals surface area contributed by atoms with Crippen LogP contribution in [-0.2, 0) is 29.0 Å². The maximum atomic E-state index is 14.0. The number of Topliss-reactive ketones (excluding diaryl/α,β-unsaturated/α-hetero) is 1. The van der Waals surface area contributed by atoms with Gasteiger partial charge in [-0.05, 0) is 80.8 Å². The second kappa shape index (κ2) is 13.9. The quantitative estimate of drug-likeness (QED) is 0.180. The number of hydrogen-bond acceptors (Lipinski definition) is 7. The predicted octanol–water partition coefficient (Wildman–Crippen LogP) is 4.53. The van der Waals surface area contributed by atoms with Crippen molar-refractivity contribution in [2.75, 3.05) is 44.7 Å². The number of hydrogen-bond donors (Lipinski definition) is 1. The number of rotatable bonds is 12. The number of fused-ring (bicyclic) bond motifs is 1. The Hall–Kier alpha value is -4.83. The van der Waals surface area contributed by atoms with Crippen LogP contribution in [0.25, 0.3) is 22.0 Å². The van der Waals surface area contributed by atoms with Gasteiger partial charge >= 0.3 is 0 Å². The molecule has 6 rings (SSSR count). The summed E-state index contributed by atoms with van der Waals surface area (Å²) in [6.45, 7) is 8.69. The summed E-state index contributed by atoms with van der Waals surface area (Å²) in [4.78, 5) is 64.5. The Bertz CT molecular complexity index is 1880. The fourth-order valence-electron chi connectivity index (χ4n) is 6.64. The Morgan fingerprint density at radius 2 is 1.68 bits per heavy atom. The smallest absolute Gasteiger partial charge is 0.253 e. The first-order valence-electron chi connectivity index (χ1n) is 16.5. The summed E-state index contributed by atoms with van der Waals surface area (Å²) < 4.78 is 2.07. The Labute approximate surface area is 274 Å². The van der Waals surface area contributed by atoms with Gasteiger partial charge in [0.25, 0.3) is 17.4 Å². The van der Waals surface area contributed by atoms with E-state index in [1.165, 1.54) is 17.1 Å². The van der Waals surface area contributed by atoms with E-state index < -0.39 is 0 Å². The highest BCUT2D eigenvalue weighted by Gasteiger charge is 2.23. The van der Waals surface area contributed by atoms with Crippen molar-refractivity contribution < 1.29 is 14.4 Å². The third-order valence-electron chi connectivity index (χ3n) is 9.26. The van der Waals surface area contributed by atoms with Crippen LogP contribution >= 0.6 is 0 Å². The normalized spacial score (nSPS) is 15.4. The Balaban J connectivity index is 1.30. The fraction of sp³-hybridized carbons (Fsp3) is 0.378. The fourth-order valence-corrected chi connectivity index (χ4v) is 6.64. The van der Waals surface area contributed by atoms with E-state index in [2.05, 4.69) is 45.5 Å². The molecule has 0 aliphatic carbocycles. The van der Waals surface area contributed by atoms with Crippen molar-refractivity contribution >= 4 is 34.3 Å². The molecule has 5 heterocycles. The van der Waals surface area contributed by atoms with Crippen LogP contribution in [0.1, 0.15) is 53.4 Å². The zero-order valence-corrected chi connectivity index (χ0v) is 27.4. The SMILES string of the molecule is CCCc1cc(C)[nH]c(=O)c1CCC(=O)c1cc(-c2ccc(N3CCN(C)CC3)nc2)cc2c1ccn2CCCN1C(=O)C=CC1=O. The van der Waals surface area contributed by atoms with Crippen LogP contribution in [-0.4, -0.2) is 81.7 Å². The van der Waals surface area contributed by atoms with E-state index in [-0.39, 0.29) is 29.6 Å². The summed E-state index contributed by atoms with van der Waals surface area (Å²) in [5, 5.41) is 0.836. The molecule has 1 N–H and O–H groups in total. The van der Waals surface area contributed by atoms with Gasteiger partial charge in [-0.25, -0.2) is 4.98 Å². The lowest BCUT2D eigenvalue weighted by molar-refractivity contribution is -0.136. The second-order valence-electron chi connectivity index (χ2n) is 12.6. The second-order valence-corrected chi connectivity index (χ2v) is 12.6. The highest BCUT2D eigenvalue weighted by atomic mass is 16.2.